The molecule has 0 radical (unpaired) electrons. The lowest BCUT2D eigenvalue weighted by Crippen LogP contribution is -2.36. The summed E-state index contributed by atoms with van der Waals surface area (Å²) in [5.41, 5.74) is 2.63. The number of hydrogen-bond acceptors (Lipinski definition) is 2. The van der Waals surface area contributed by atoms with Gasteiger partial charge in [-0.2, -0.15) is 0 Å². The highest BCUT2D eigenvalue weighted by Gasteiger charge is 2.44. The van der Waals surface area contributed by atoms with E-state index in [4.69, 9.17) is 5.14 Å². The molecule has 0 amide bonds. The predicted molar refractivity (Wildman–Crippen MR) is 67.0 cm³/mol. The lowest BCUT2D eigenvalue weighted by atomic mass is 9.94. The Kier molecular flexibility index (Phi) is 2.52. The van der Waals surface area contributed by atoms with Crippen LogP contribution in [0.2, 0.25) is 0 Å². The van der Waals surface area contributed by atoms with Gasteiger partial charge in [-0.1, -0.05) is 24.3 Å². The van der Waals surface area contributed by atoms with Gasteiger partial charge >= 0.3 is 0 Å². The topological polar surface area (TPSA) is 60.2 Å². The van der Waals surface area contributed by atoms with Crippen LogP contribution >= 0.6 is 0 Å². The third-order valence-corrected chi connectivity index (χ3v) is 5.83. The van der Waals surface area contributed by atoms with Crippen LogP contribution in [-0.2, 0) is 22.9 Å². The molecule has 0 aliphatic heterocycles. The standard InChI is InChI=1S/C13H17NO2S/c14-17(15,16)13-11-5-6-12(13)8-10-4-2-1-3-9(10)7-11/h1-4,11-13H,5-8H2,(H2,14,15,16). The number of primary sulfonamides is 1. The van der Waals surface area contributed by atoms with Gasteiger partial charge in [-0.05, 0) is 48.6 Å². The van der Waals surface area contributed by atoms with Crippen LogP contribution in [-0.4, -0.2) is 13.7 Å². The molecule has 17 heavy (non-hydrogen) atoms. The van der Waals surface area contributed by atoms with E-state index in [1.807, 2.05) is 12.1 Å². The Morgan fingerprint density at radius 3 is 1.88 bits per heavy atom. The van der Waals surface area contributed by atoms with E-state index < -0.39 is 10.0 Å². The van der Waals surface area contributed by atoms with Crippen LogP contribution in [0, 0.1) is 11.8 Å². The highest BCUT2D eigenvalue weighted by atomic mass is 32.2. The van der Waals surface area contributed by atoms with Crippen molar-refractivity contribution in [3.05, 3.63) is 35.4 Å². The van der Waals surface area contributed by atoms with E-state index >= 15 is 0 Å². The van der Waals surface area contributed by atoms with E-state index in [2.05, 4.69) is 12.1 Å². The van der Waals surface area contributed by atoms with Gasteiger partial charge in [0.1, 0.15) is 0 Å². The molecular weight excluding hydrogens is 234 g/mol. The van der Waals surface area contributed by atoms with Gasteiger partial charge in [0.15, 0.2) is 0 Å². The third kappa shape index (κ3) is 1.89. The zero-order valence-corrected chi connectivity index (χ0v) is 10.5. The number of nitrogens with two attached hydrogens (primary N) is 1. The molecule has 1 aromatic carbocycles. The molecule has 2 unspecified atom stereocenters. The van der Waals surface area contributed by atoms with Gasteiger partial charge in [-0.3, -0.25) is 0 Å². The molecule has 1 aromatic rings. The second kappa shape index (κ2) is 3.82. The first kappa shape index (κ1) is 11.2. The zero-order chi connectivity index (χ0) is 12.0. The van der Waals surface area contributed by atoms with Crippen LogP contribution < -0.4 is 5.14 Å². The van der Waals surface area contributed by atoms with Crippen molar-refractivity contribution in [2.75, 3.05) is 0 Å². The first-order chi connectivity index (χ1) is 8.05. The van der Waals surface area contributed by atoms with Gasteiger partial charge in [0.2, 0.25) is 10.0 Å². The van der Waals surface area contributed by atoms with Gasteiger partial charge in [0.25, 0.3) is 0 Å². The summed E-state index contributed by atoms with van der Waals surface area (Å²) in [6.45, 7) is 0. The first-order valence-electron chi connectivity index (χ1n) is 6.14. The van der Waals surface area contributed by atoms with Crippen molar-refractivity contribution in [2.45, 2.75) is 30.9 Å². The Morgan fingerprint density at radius 1 is 1.00 bits per heavy atom. The Morgan fingerprint density at radius 2 is 1.47 bits per heavy atom. The highest BCUT2D eigenvalue weighted by Crippen LogP contribution is 2.42. The smallest absolute Gasteiger partial charge is 0.212 e. The van der Waals surface area contributed by atoms with E-state index in [1.165, 1.54) is 11.1 Å². The molecule has 0 spiro atoms. The minimum Gasteiger partial charge on any atom is -0.228 e. The van der Waals surface area contributed by atoms with E-state index in [9.17, 15) is 8.42 Å². The van der Waals surface area contributed by atoms with Gasteiger partial charge < -0.3 is 0 Å². The second-order valence-electron chi connectivity index (χ2n) is 5.33. The Labute approximate surface area is 102 Å². The average molecular weight is 251 g/mol. The molecule has 2 N–H and O–H groups in total. The highest BCUT2D eigenvalue weighted by molar-refractivity contribution is 7.89. The fourth-order valence-corrected chi connectivity index (χ4v) is 5.17. The van der Waals surface area contributed by atoms with Crippen molar-refractivity contribution in [3.63, 3.8) is 0 Å². The fraction of sp³-hybridized carbons (Fsp3) is 0.538. The summed E-state index contributed by atoms with van der Waals surface area (Å²) in [6, 6.07) is 8.31. The SMILES string of the molecule is NS(=O)(=O)C1C2CCC1Cc1ccccc1C2. The predicted octanol–water partition coefficient (Wildman–Crippen LogP) is 1.47. The van der Waals surface area contributed by atoms with Gasteiger partial charge in [-0.15, -0.1) is 0 Å². The zero-order valence-electron chi connectivity index (χ0n) is 9.67. The lowest BCUT2D eigenvalue weighted by molar-refractivity contribution is 0.481. The maximum Gasteiger partial charge on any atom is 0.212 e. The average Bonchev–Trinajstić information content (AvgIpc) is 2.55. The molecule has 0 saturated heterocycles. The maximum atomic E-state index is 11.7. The lowest BCUT2D eigenvalue weighted by Gasteiger charge is -2.19. The summed E-state index contributed by atoms with van der Waals surface area (Å²) < 4.78 is 23.5. The van der Waals surface area contributed by atoms with Crippen molar-refractivity contribution in [3.8, 4) is 0 Å². The molecule has 0 heterocycles. The largest absolute Gasteiger partial charge is 0.228 e. The molecule has 2 bridgehead atoms. The van der Waals surface area contributed by atoms with Crippen LogP contribution in [0.5, 0.6) is 0 Å². The van der Waals surface area contributed by atoms with Crippen molar-refractivity contribution in [2.24, 2.45) is 17.0 Å². The number of rotatable bonds is 1. The minimum atomic E-state index is -3.40. The van der Waals surface area contributed by atoms with E-state index in [-0.39, 0.29) is 17.1 Å². The van der Waals surface area contributed by atoms with Crippen molar-refractivity contribution >= 4 is 10.0 Å². The molecule has 1 saturated carbocycles. The van der Waals surface area contributed by atoms with Gasteiger partial charge in [-0.25, -0.2) is 13.6 Å². The fourth-order valence-electron chi connectivity index (χ4n) is 3.64. The molecule has 4 heteroatoms. The van der Waals surface area contributed by atoms with Gasteiger partial charge in [0.05, 0.1) is 5.25 Å². The number of sulfonamides is 1. The Balaban J connectivity index is 2.03. The summed E-state index contributed by atoms with van der Waals surface area (Å²) >= 11 is 0. The van der Waals surface area contributed by atoms with E-state index in [0.29, 0.717) is 0 Å². The Hall–Kier alpha value is -0.870. The monoisotopic (exact) mass is 251 g/mol. The number of benzene rings is 1. The summed E-state index contributed by atoms with van der Waals surface area (Å²) in [5.74, 6) is 0.442. The summed E-state index contributed by atoms with van der Waals surface area (Å²) in [7, 11) is -3.40. The van der Waals surface area contributed by atoms with Crippen molar-refractivity contribution in [1.82, 2.24) is 0 Å². The quantitative estimate of drug-likeness (QED) is 0.821. The Bertz CT molecular complexity index is 505. The van der Waals surface area contributed by atoms with Crippen molar-refractivity contribution in [1.29, 1.82) is 0 Å². The molecule has 1 fully saturated rings. The van der Waals surface area contributed by atoms with Crippen LogP contribution in [0.1, 0.15) is 24.0 Å². The summed E-state index contributed by atoms with van der Waals surface area (Å²) in [6.07, 6.45) is 3.74. The third-order valence-electron chi connectivity index (χ3n) is 4.30. The number of hydrogen-bond donors (Lipinski definition) is 1. The van der Waals surface area contributed by atoms with Crippen LogP contribution in [0.25, 0.3) is 0 Å². The van der Waals surface area contributed by atoms with Gasteiger partial charge in [0, 0.05) is 0 Å². The van der Waals surface area contributed by atoms with Crippen LogP contribution in [0.4, 0.5) is 0 Å². The first-order valence-corrected chi connectivity index (χ1v) is 7.75. The number of fused-ring (bicyclic) bond motifs is 3. The summed E-state index contributed by atoms with van der Waals surface area (Å²) in [5, 5.41) is 5.08. The molecule has 3 nitrogen and oxygen atoms in total. The normalized spacial score (nSPS) is 31.9. The molecule has 2 atom stereocenters. The molecule has 92 valence electrons. The molecule has 2 aliphatic carbocycles. The van der Waals surface area contributed by atoms with E-state index in [1.54, 1.807) is 0 Å². The molecule has 0 aromatic heterocycles. The van der Waals surface area contributed by atoms with Crippen LogP contribution in [0.15, 0.2) is 24.3 Å². The molecular formula is C13H17NO2S. The molecule has 2 aliphatic rings. The molecule has 3 rings (SSSR count). The maximum absolute atomic E-state index is 11.7. The summed E-state index contributed by atoms with van der Waals surface area (Å²) in [4.78, 5) is 0. The van der Waals surface area contributed by atoms with E-state index in [0.717, 1.165) is 25.7 Å². The second-order valence-corrected chi connectivity index (χ2v) is 7.05. The van der Waals surface area contributed by atoms with Crippen molar-refractivity contribution < 1.29 is 8.42 Å². The van der Waals surface area contributed by atoms with Crippen LogP contribution in [0.3, 0.4) is 0 Å². The minimum absolute atomic E-state index is 0.221.